The van der Waals surface area contributed by atoms with E-state index in [1.165, 1.54) is 24.0 Å². The highest BCUT2D eigenvalue weighted by molar-refractivity contribution is 5.25. The van der Waals surface area contributed by atoms with Gasteiger partial charge in [-0.05, 0) is 56.3 Å². The van der Waals surface area contributed by atoms with Crippen molar-refractivity contribution in [3.8, 4) is 0 Å². The van der Waals surface area contributed by atoms with Crippen LogP contribution in [0.15, 0.2) is 24.3 Å². The maximum Gasteiger partial charge on any atom is 0.00450 e. The summed E-state index contributed by atoms with van der Waals surface area (Å²) in [6.45, 7) is 4.40. The van der Waals surface area contributed by atoms with Crippen LogP contribution >= 0.6 is 0 Å². The Morgan fingerprint density at radius 1 is 1.31 bits per heavy atom. The Morgan fingerprint density at radius 2 is 2.06 bits per heavy atom. The van der Waals surface area contributed by atoms with Gasteiger partial charge in [-0.25, -0.2) is 0 Å². The van der Waals surface area contributed by atoms with Gasteiger partial charge in [0.25, 0.3) is 0 Å². The van der Waals surface area contributed by atoms with E-state index >= 15 is 0 Å². The summed E-state index contributed by atoms with van der Waals surface area (Å²) >= 11 is 0. The maximum atomic E-state index is 5.76. The molecule has 1 saturated carbocycles. The minimum absolute atomic E-state index is 0.475. The van der Waals surface area contributed by atoms with E-state index in [0.717, 1.165) is 25.4 Å². The molecule has 16 heavy (non-hydrogen) atoms. The van der Waals surface area contributed by atoms with E-state index in [1.807, 2.05) is 0 Å². The topological polar surface area (TPSA) is 38.0 Å². The van der Waals surface area contributed by atoms with Crippen LogP contribution in [0.2, 0.25) is 0 Å². The van der Waals surface area contributed by atoms with Crippen molar-refractivity contribution < 1.29 is 0 Å². The molecule has 1 fully saturated rings. The molecule has 1 aromatic rings. The molecule has 0 heterocycles. The Hall–Kier alpha value is -0.860. The van der Waals surface area contributed by atoms with Crippen molar-refractivity contribution in [1.29, 1.82) is 0 Å². The number of benzene rings is 1. The van der Waals surface area contributed by atoms with E-state index in [-0.39, 0.29) is 0 Å². The lowest BCUT2D eigenvalue weighted by molar-refractivity contribution is 0.257. The molecule has 2 heteroatoms. The minimum atomic E-state index is 0.475. The highest BCUT2D eigenvalue weighted by Gasteiger charge is 2.24. The van der Waals surface area contributed by atoms with Crippen LogP contribution in [0.25, 0.3) is 0 Å². The number of nitrogens with two attached hydrogens (primary N) is 1. The Bertz CT molecular complexity index is 329. The molecule has 0 radical (unpaired) electrons. The van der Waals surface area contributed by atoms with Crippen LogP contribution in [0.4, 0.5) is 0 Å². The molecular weight excluding hydrogens is 196 g/mol. The van der Waals surface area contributed by atoms with Crippen LogP contribution in [-0.2, 0) is 6.42 Å². The van der Waals surface area contributed by atoms with Gasteiger partial charge in [0.15, 0.2) is 0 Å². The molecular formula is C14H22N2. The summed E-state index contributed by atoms with van der Waals surface area (Å²) < 4.78 is 0. The van der Waals surface area contributed by atoms with Gasteiger partial charge in [-0.15, -0.1) is 0 Å². The zero-order valence-corrected chi connectivity index (χ0v) is 10.1. The SMILES string of the molecule is Cc1ccccc1CCNCC1CC(N)C1. The van der Waals surface area contributed by atoms with Gasteiger partial charge in [-0.2, -0.15) is 0 Å². The van der Waals surface area contributed by atoms with Crippen molar-refractivity contribution in [2.75, 3.05) is 13.1 Å². The molecule has 2 nitrogen and oxygen atoms in total. The first kappa shape index (κ1) is 11.6. The first-order valence-corrected chi connectivity index (χ1v) is 6.26. The van der Waals surface area contributed by atoms with Crippen molar-refractivity contribution in [3.05, 3.63) is 35.4 Å². The summed E-state index contributed by atoms with van der Waals surface area (Å²) in [4.78, 5) is 0. The largest absolute Gasteiger partial charge is 0.328 e. The van der Waals surface area contributed by atoms with E-state index in [1.54, 1.807) is 0 Å². The van der Waals surface area contributed by atoms with Gasteiger partial charge in [0, 0.05) is 6.04 Å². The van der Waals surface area contributed by atoms with E-state index in [9.17, 15) is 0 Å². The third-order valence-corrected chi connectivity index (χ3v) is 3.54. The van der Waals surface area contributed by atoms with E-state index in [2.05, 4.69) is 36.5 Å². The molecule has 3 N–H and O–H groups in total. The average molecular weight is 218 g/mol. The second-order valence-electron chi connectivity index (χ2n) is 4.98. The smallest absolute Gasteiger partial charge is 0.00450 e. The maximum absolute atomic E-state index is 5.76. The fourth-order valence-corrected chi connectivity index (χ4v) is 2.37. The molecule has 0 atom stereocenters. The standard InChI is InChI=1S/C14H22N2/c1-11-4-2-3-5-13(11)6-7-16-10-12-8-14(15)9-12/h2-5,12,14,16H,6-10,15H2,1H3. The van der Waals surface area contributed by atoms with Crippen LogP contribution < -0.4 is 11.1 Å². The summed E-state index contributed by atoms with van der Waals surface area (Å²) in [6, 6.07) is 9.09. The van der Waals surface area contributed by atoms with Gasteiger partial charge >= 0.3 is 0 Å². The Morgan fingerprint density at radius 3 is 2.75 bits per heavy atom. The third kappa shape index (κ3) is 3.06. The molecule has 1 aliphatic rings. The molecule has 0 saturated heterocycles. The number of nitrogens with one attached hydrogen (secondary N) is 1. The van der Waals surface area contributed by atoms with Gasteiger partial charge in [0.05, 0.1) is 0 Å². The lowest BCUT2D eigenvalue weighted by Gasteiger charge is -2.32. The van der Waals surface area contributed by atoms with Gasteiger partial charge < -0.3 is 11.1 Å². The zero-order valence-electron chi connectivity index (χ0n) is 10.1. The lowest BCUT2D eigenvalue weighted by atomic mass is 9.81. The van der Waals surface area contributed by atoms with Crippen molar-refractivity contribution in [2.24, 2.45) is 11.7 Å². The average Bonchev–Trinajstić information content (AvgIpc) is 2.23. The van der Waals surface area contributed by atoms with Crippen LogP contribution in [0, 0.1) is 12.8 Å². The predicted octanol–water partition coefficient (Wildman–Crippen LogP) is 1.86. The quantitative estimate of drug-likeness (QED) is 0.740. The number of hydrogen-bond acceptors (Lipinski definition) is 2. The molecule has 2 rings (SSSR count). The molecule has 88 valence electrons. The third-order valence-electron chi connectivity index (χ3n) is 3.54. The van der Waals surface area contributed by atoms with Crippen LogP contribution in [0.1, 0.15) is 24.0 Å². The summed E-state index contributed by atoms with van der Waals surface area (Å²) in [5.41, 5.74) is 8.61. The van der Waals surface area contributed by atoms with E-state index < -0.39 is 0 Å². The highest BCUT2D eigenvalue weighted by Crippen LogP contribution is 2.24. The normalized spacial score (nSPS) is 24.1. The predicted molar refractivity (Wildman–Crippen MR) is 68.5 cm³/mol. The number of hydrogen-bond donors (Lipinski definition) is 2. The molecule has 0 amide bonds. The molecule has 0 bridgehead atoms. The molecule has 1 aliphatic carbocycles. The van der Waals surface area contributed by atoms with Gasteiger partial charge in [0.1, 0.15) is 0 Å². The summed E-state index contributed by atoms with van der Waals surface area (Å²) in [6.07, 6.45) is 3.54. The summed E-state index contributed by atoms with van der Waals surface area (Å²) in [7, 11) is 0. The Kier molecular flexibility index (Phi) is 3.97. The molecule has 0 spiro atoms. The fourth-order valence-electron chi connectivity index (χ4n) is 2.37. The first-order valence-electron chi connectivity index (χ1n) is 6.26. The van der Waals surface area contributed by atoms with E-state index in [0.29, 0.717) is 6.04 Å². The Labute approximate surface area is 98.2 Å². The second kappa shape index (κ2) is 5.46. The minimum Gasteiger partial charge on any atom is -0.328 e. The van der Waals surface area contributed by atoms with Crippen molar-refractivity contribution >= 4 is 0 Å². The van der Waals surface area contributed by atoms with Crippen LogP contribution in [0.5, 0.6) is 0 Å². The van der Waals surface area contributed by atoms with E-state index in [4.69, 9.17) is 5.73 Å². The van der Waals surface area contributed by atoms with Crippen LogP contribution in [-0.4, -0.2) is 19.1 Å². The Balaban J connectivity index is 1.63. The summed E-state index contributed by atoms with van der Waals surface area (Å²) in [5, 5.41) is 3.53. The summed E-state index contributed by atoms with van der Waals surface area (Å²) in [5.74, 6) is 0.826. The molecule has 0 aliphatic heterocycles. The number of aryl methyl sites for hydroxylation is 1. The van der Waals surface area contributed by atoms with Gasteiger partial charge in [-0.3, -0.25) is 0 Å². The highest BCUT2D eigenvalue weighted by atomic mass is 14.9. The van der Waals surface area contributed by atoms with Crippen molar-refractivity contribution in [3.63, 3.8) is 0 Å². The first-order chi connectivity index (χ1) is 7.75. The van der Waals surface area contributed by atoms with Gasteiger partial charge in [0.2, 0.25) is 0 Å². The lowest BCUT2D eigenvalue weighted by Crippen LogP contribution is -2.41. The second-order valence-corrected chi connectivity index (χ2v) is 4.98. The molecule has 1 aromatic carbocycles. The number of rotatable bonds is 5. The molecule has 0 unspecified atom stereocenters. The monoisotopic (exact) mass is 218 g/mol. The van der Waals surface area contributed by atoms with Crippen molar-refractivity contribution in [1.82, 2.24) is 5.32 Å². The van der Waals surface area contributed by atoms with Crippen LogP contribution in [0.3, 0.4) is 0 Å². The zero-order chi connectivity index (χ0) is 11.4. The fraction of sp³-hybridized carbons (Fsp3) is 0.571. The van der Waals surface area contributed by atoms with Gasteiger partial charge in [-0.1, -0.05) is 24.3 Å². The van der Waals surface area contributed by atoms with Crippen molar-refractivity contribution in [2.45, 2.75) is 32.2 Å². The molecule has 0 aromatic heterocycles.